The average molecular weight is 1190 g/mol. The Morgan fingerprint density at radius 3 is 0.833 bits per heavy atom. The van der Waals surface area contributed by atoms with E-state index in [0.29, 0.717) is 0 Å². The van der Waals surface area contributed by atoms with Gasteiger partial charge in [-0.05, 0) is 172 Å². The van der Waals surface area contributed by atoms with E-state index < -0.39 is 0 Å². The largest absolute Gasteiger partial charge is 0.0730 e. The molecular weight excluding hydrogens is 1080 g/mol. The van der Waals surface area contributed by atoms with Crippen molar-refractivity contribution in [1.29, 1.82) is 0 Å². The van der Waals surface area contributed by atoms with Crippen LogP contribution in [0.3, 0.4) is 0 Å². The highest BCUT2D eigenvalue weighted by atomic mass is 14.2. The molecule has 0 atom stereocenters. The van der Waals surface area contributed by atoms with E-state index in [2.05, 4.69) is 344 Å². The van der Waals surface area contributed by atoms with Crippen molar-refractivity contribution in [3.63, 3.8) is 0 Å². The van der Waals surface area contributed by atoms with Gasteiger partial charge in [0.2, 0.25) is 0 Å². The van der Waals surface area contributed by atoms with Crippen molar-refractivity contribution in [2.24, 2.45) is 0 Å². The molecule has 2 aliphatic carbocycles. The summed E-state index contributed by atoms with van der Waals surface area (Å²) in [6.45, 7) is 33.4. The van der Waals surface area contributed by atoms with Crippen molar-refractivity contribution in [3.05, 3.63) is 379 Å². The summed E-state index contributed by atoms with van der Waals surface area (Å²) >= 11 is 0. The normalized spacial score (nSPS) is 11.5. The number of allylic oxidation sites excluding steroid dienone is 8. The van der Waals surface area contributed by atoms with E-state index >= 15 is 0 Å². The Morgan fingerprint density at radius 1 is 0.211 bits per heavy atom. The SMILES string of the molecule is CC.CC.CC1=CC=C(c2ccc(C)cc2)CC1.Cc1ccc(-c2ccc(C)cc2)cc1.Cc1cccc(C)c1.Cc1cccc(C)c1.Cc1cccc(C)c1.Cc1cccc(Cc2ccc(C3=CC=C(Cc4ccccc4)CC3)cc2)c1.Cc1ccccc1. The first-order valence-electron chi connectivity index (χ1n) is 32.8. The zero-order valence-corrected chi connectivity index (χ0v) is 57.8. The van der Waals surface area contributed by atoms with Gasteiger partial charge in [-0.15, -0.1) is 0 Å². The van der Waals surface area contributed by atoms with Gasteiger partial charge in [-0.2, -0.15) is 0 Å². The molecule has 12 rings (SSSR count). The summed E-state index contributed by atoms with van der Waals surface area (Å²) in [6, 6.07) is 90.3. The smallest absolute Gasteiger partial charge is 0.00257 e. The third kappa shape index (κ3) is 29.9. The summed E-state index contributed by atoms with van der Waals surface area (Å²) in [5.74, 6) is 0. The molecule has 0 heteroatoms. The topological polar surface area (TPSA) is 0 Å². The van der Waals surface area contributed by atoms with E-state index in [1.165, 1.54) is 135 Å². The van der Waals surface area contributed by atoms with Crippen LogP contribution in [-0.4, -0.2) is 0 Å². The van der Waals surface area contributed by atoms with Crippen LogP contribution >= 0.6 is 0 Å². The van der Waals surface area contributed by atoms with Crippen molar-refractivity contribution < 1.29 is 0 Å². The Balaban J connectivity index is 0.000000236. The molecule has 0 nitrogen and oxygen atoms in total. The maximum absolute atomic E-state index is 2.33. The Bertz CT molecular complexity index is 3500. The summed E-state index contributed by atoms with van der Waals surface area (Å²) in [7, 11) is 0. The maximum Gasteiger partial charge on any atom is -0.00257 e. The molecule has 0 radical (unpaired) electrons. The molecule has 0 amide bonds. The standard InChI is InChI=1S/C27H26.C14H16.C14H14.3C8H10.C7H8.2C2H6/c1-21-6-5-9-25(18-21)20-24-12-16-27(17-13-24)26-14-10-23(11-15-26)19-22-7-3-2-4-8-22;2*1-11-3-7-13(8-4-11)14-9-5-12(2)6-10-14;3*1-7-4-3-5-8(2)6-7;1-7-5-3-2-4-6-7;2*1-2/h2-10,12-14,16-18H,11,15,19-20H2,1H3;3-5,7-9H,6,10H2,1-2H3;3-10H,1-2H3;3*3-6H,1-2H3;2-6H,1H3;2*1-2H3. The van der Waals surface area contributed by atoms with Crippen molar-refractivity contribution in [2.45, 2.75) is 149 Å². The van der Waals surface area contributed by atoms with Crippen molar-refractivity contribution in [3.8, 4) is 11.1 Å². The van der Waals surface area contributed by atoms with Gasteiger partial charge in [0.25, 0.3) is 0 Å². The minimum absolute atomic E-state index is 1.00. The number of hydrogen-bond acceptors (Lipinski definition) is 0. The number of aryl methyl sites for hydroxylation is 11. The van der Waals surface area contributed by atoms with Crippen LogP contribution in [0.5, 0.6) is 0 Å². The second-order valence-electron chi connectivity index (χ2n) is 23.5. The van der Waals surface area contributed by atoms with Crippen LogP contribution in [-0.2, 0) is 12.8 Å². The molecule has 10 aromatic rings. The highest BCUT2D eigenvalue weighted by Gasteiger charge is 2.10. The fourth-order valence-corrected chi connectivity index (χ4v) is 10.0. The molecule has 0 saturated heterocycles. The minimum Gasteiger partial charge on any atom is -0.0730 e. The lowest BCUT2D eigenvalue weighted by Gasteiger charge is -2.15. The van der Waals surface area contributed by atoms with E-state index in [1.807, 2.05) is 45.9 Å². The third-order valence-electron chi connectivity index (χ3n) is 15.0. The average Bonchev–Trinajstić information content (AvgIpc) is 2.04. The van der Waals surface area contributed by atoms with E-state index in [-0.39, 0.29) is 0 Å². The molecule has 0 heterocycles. The molecule has 10 aromatic carbocycles. The van der Waals surface area contributed by atoms with Gasteiger partial charge in [0.15, 0.2) is 0 Å². The Morgan fingerprint density at radius 2 is 0.511 bits per heavy atom. The molecule has 0 spiro atoms. The van der Waals surface area contributed by atoms with Gasteiger partial charge in [-0.25, -0.2) is 0 Å². The lowest BCUT2D eigenvalue weighted by Crippen LogP contribution is -1.97. The molecule has 466 valence electrons. The third-order valence-corrected chi connectivity index (χ3v) is 15.0. The lowest BCUT2D eigenvalue weighted by molar-refractivity contribution is 0.923. The van der Waals surface area contributed by atoms with Crippen LogP contribution in [0.2, 0.25) is 0 Å². The molecule has 90 heavy (non-hydrogen) atoms. The first kappa shape index (κ1) is 73.6. The molecule has 0 aliphatic heterocycles. The zero-order valence-electron chi connectivity index (χ0n) is 57.8. The molecular formula is C90H106. The van der Waals surface area contributed by atoms with E-state index in [1.54, 1.807) is 0 Å². The molecule has 0 bridgehead atoms. The predicted octanol–water partition coefficient (Wildman–Crippen LogP) is 26.0. The first-order chi connectivity index (χ1) is 43.5. The van der Waals surface area contributed by atoms with Crippen LogP contribution in [0.25, 0.3) is 22.3 Å². The highest BCUT2D eigenvalue weighted by Crippen LogP contribution is 2.30. The van der Waals surface area contributed by atoms with Gasteiger partial charge in [0, 0.05) is 0 Å². The van der Waals surface area contributed by atoms with Crippen LogP contribution in [0.1, 0.15) is 149 Å². The van der Waals surface area contributed by atoms with Gasteiger partial charge in [0.05, 0.1) is 0 Å². The monoisotopic (exact) mass is 1190 g/mol. The summed E-state index contributed by atoms with van der Waals surface area (Å²) in [6.07, 6.45) is 15.9. The second-order valence-corrected chi connectivity index (χ2v) is 23.5. The van der Waals surface area contributed by atoms with Crippen LogP contribution in [0.15, 0.2) is 290 Å². The Labute approximate surface area is 547 Å². The molecule has 0 aromatic heterocycles. The lowest BCUT2D eigenvalue weighted by atomic mass is 9.90. The fraction of sp³-hybridized carbons (Fsp3) is 0.244. The fourth-order valence-electron chi connectivity index (χ4n) is 10.0. The van der Waals surface area contributed by atoms with Gasteiger partial charge < -0.3 is 0 Å². The van der Waals surface area contributed by atoms with Crippen LogP contribution in [0.4, 0.5) is 0 Å². The summed E-state index contributed by atoms with van der Waals surface area (Å²) in [5.41, 5.74) is 30.0. The quantitative estimate of drug-likeness (QED) is 0.149. The predicted molar refractivity (Wildman–Crippen MR) is 401 cm³/mol. The second kappa shape index (κ2) is 42.2. The van der Waals surface area contributed by atoms with E-state index in [0.717, 1.165) is 25.7 Å². The van der Waals surface area contributed by atoms with Gasteiger partial charge >= 0.3 is 0 Å². The van der Waals surface area contributed by atoms with Crippen molar-refractivity contribution >= 4 is 11.1 Å². The maximum atomic E-state index is 2.33. The summed E-state index contributed by atoms with van der Waals surface area (Å²) in [5, 5.41) is 0. The van der Waals surface area contributed by atoms with Gasteiger partial charge in [-0.3, -0.25) is 0 Å². The Kier molecular flexibility index (Phi) is 34.5. The Hall–Kier alpha value is -8.84. The molecule has 0 fully saturated rings. The van der Waals surface area contributed by atoms with Gasteiger partial charge in [0.1, 0.15) is 0 Å². The number of rotatable bonds is 7. The number of hydrogen-bond donors (Lipinski definition) is 0. The number of benzene rings is 10. The minimum atomic E-state index is 1.00. The van der Waals surface area contributed by atoms with Gasteiger partial charge in [-0.1, -0.05) is 379 Å². The highest BCUT2D eigenvalue weighted by molar-refractivity contribution is 5.70. The molecule has 0 saturated carbocycles. The van der Waals surface area contributed by atoms with Crippen molar-refractivity contribution in [1.82, 2.24) is 0 Å². The summed E-state index contributed by atoms with van der Waals surface area (Å²) in [4.78, 5) is 0. The molecule has 0 N–H and O–H groups in total. The first-order valence-corrected chi connectivity index (χ1v) is 32.8. The van der Waals surface area contributed by atoms with Crippen molar-refractivity contribution in [2.75, 3.05) is 0 Å². The summed E-state index contributed by atoms with van der Waals surface area (Å²) < 4.78 is 0. The molecule has 2 aliphatic rings. The van der Waals surface area contributed by atoms with E-state index in [9.17, 15) is 0 Å². The van der Waals surface area contributed by atoms with Crippen LogP contribution < -0.4 is 0 Å². The van der Waals surface area contributed by atoms with E-state index in [4.69, 9.17) is 0 Å². The molecule has 0 unspecified atom stereocenters. The van der Waals surface area contributed by atoms with Crippen LogP contribution in [0, 0.1) is 76.2 Å². The zero-order chi connectivity index (χ0) is 65.5.